The van der Waals surface area contributed by atoms with Gasteiger partial charge in [0, 0.05) is 23.0 Å². The minimum atomic E-state index is -1.50. The van der Waals surface area contributed by atoms with Gasteiger partial charge in [0.1, 0.15) is 23.0 Å². The lowest BCUT2D eigenvalue weighted by Crippen LogP contribution is -2.39. The highest BCUT2D eigenvalue weighted by Gasteiger charge is 2.25. The molecule has 29 heavy (non-hydrogen) atoms. The van der Waals surface area contributed by atoms with Crippen molar-refractivity contribution in [1.29, 1.82) is 5.26 Å². The summed E-state index contributed by atoms with van der Waals surface area (Å²) in [4.78, 5) is 19.6. The summed E-state index contributed by atoms with van der Waals surface area (Å²) in [7, 11) is 0. The topological polar surface area (TPSA) is 122 Å². The number of nitrogens with one attached hydrogen (secondary N) is 2. The van der Waals surface area contributed by atoms with Crippen LogP contribution >= 0.6 is 11.6 Å². The monoisotopic (exact) mass is 410 g/mol. The van der Waals surface area contributed by atoms with Gasteiger partial charge >= 0.3 is 0 Å². The van der Waals surface area contributed by atoms with Crippen LogP contribution in [0.5, 0.6) is 0 Å². The molecule has 0 fully saturated rings. The number of H-pyrrole nitrogens is 1. The van der Waals surface area contributed by atoms with E-state index in [9.17, 15) is 20.3 Å². The second kappa shape index (κ2) is 8.45. The van der Waals surface area contributed by atoms with Gasteiger partial charge in [0.2, 0.25) is 0 Å². The maximum atomic E-state index is 12.7. The molecule has 0 radical (unpaired) electrons. The van der Waals surface area contributed by atoms with Crippen molar-refractivity contribution in [3.63, 3.8) is 0 Å². The van der Waals surface area contributed by atoms with E-state index in [1.807, 2.05) is 0 Å². The molecule has 2 heterocycles. The number of amides is 1. The van der Waals surface area contributed by atoms with Crippen molar-refractivity contribution in [2.75, 3.05) is 0 Å². The van der Waals surface area contributed by atoms with E-state index in [0.717, 1.165) is 0 Å². The summed E-state index contributed by atoms with van der Waals surface area (Å²) in [5.41, 5.74) is 3.48. The number of aliphatic hydroxyl groups excluding tert-OH is 2. The lowest BCUT2D eigenvalue weighted by Gasteiger charge is -2.19. The molecule has 2 atom stereocenters. The van der Waals surface area contributed by atoms with Crippen molar-refractivity contribution < 1.29 is 15.0 Å². The van der Waals surface area contributed by atoms with Crippen molar-refractivity contribution in [2.45, 2.75) is 26.2 Å². The van der Waals surface area contributed by atoms with Crippen LogP contribution in [0.3, 0.4) is 0 Å². The molecule has 3 aromatic rings. The number of aromatic amines is 1. The molecule has 0 saturated carbocycles. The van der Waals surface area contributed by atoms with Crippen LogP contribution in [0, 0.1) is 25.2 Å². The first-order chi connectivity index (χ1) is 13.8. The van der Waals surface area contributed by atoms with E-state index in [2.05, 4.69) is 21.4 Å². The van der Waals surface area contributed by atoms with Gasteiger partial charge in [0.15, 0.2) is 6.23 Å². The Balaban J connectivity index is 1.90. The molecule has 2 unspecified atom stereocenters. The molecule has 7 nitrogen and oxygen atoms in total. The SMILES string of the molecule is Cc1[nH]c(C(=O)NC(O)C(O)c2ccccc2)c(C)c1-c1cc(Cl)ncc1C#N. The number of pyridine rings is 1. The van der Waals surface area contributed by atoms with E-state index in [4.69, 9.17) is 11.6 Å². The number of carbonyl (C=O) groups excluding carboxylic acids is 1. The van der Waals surface area contributed by atoms with Crippen LogP contribution in [0.2, 0.25) is 5.15 Å². The van der Waals surface area contributed by atoms with E-state index in [-0.39, 0.29) is 10.8 Å². The van der Waals surface area contributed by atoms with Gasteiger partial charge in [-0.1, -0.05) is 41.9 Å². The molecule has 2 aromatic heterocycles. The van der Waals surface area contributed by atoms with Crippen LogP contribution < -0.4 is 5.32 Å². The van der Waals surface area contributed by atoms with E-state index in [1.54, 1.807) is 50.2 Å². The zero-order valence-electron chi connectivity index (χ0n) is 15.8. The summed E-state index contributed by atoms with van der Waals surface area (Å²) in [5, 5.41) is 32.5. The molecule has 1 amide bonds. The van der Waals surface area contributed by atoms with Crippen molar-refractivity contribution in [3.05, 3.63) is 75.8 Å². The number of benzene rings is 1. The molecule has 0 saturated heterocycles. The quantitative estimate of drug-likeness (QED) is 0.380. The van der Waals surface area contributed by atoms with Gasteiger partial charge in [-0.3, -0.25) is 4.79 Å². The third-order valence-electron chi connectivity index (χ3n) is 4.64. The summed E-state index contributed by atoms with van der Waals surface area (Å²) in [6.07, 6.45) is -1.40. The molecular weight excluding hydrogens is 392 g/mol. The fourth-order valence-electron chi connectivity index (χ4n) is 3.22. The number of rotatable bonds is 5. The standard InChI is InChI=1S/C21H19ClN4O3/c1-11-17(15-8-16(22)24-10-14(15)9-23)12(2)25-18(11)20(28)26-21(29)19(27)13-6-4-3-5-7-13/h3-8,10,19,21,25,27,29H,1-2H3,(H,26,28). The highest BCUT2D eigenvalue weighted by Crippen LogP contribution is 2.33. The molecule has 8 heteroatoms. The lowest BCUT2D eigenvalue weighted by molar-refractivity contribution is -0.000972. The molecule has 148 valence electrons. The van der Waals surface area contributed by atoms with Crippen molar-refractivity contribution >= 4 is 17.5 Å². The number of carbonyl (C=O) groups is 1. The third kappa shape index (κ3) is 4.15. The van der Waals surface area contributed by atoms with Gasteiger partial charge in [0.05, 0.1) is 5.56 Å². The van der Waals surface area contributed by atoms with Crippen LogP contribution in [-0.2, 0) is 0 Å². The number of aliphatic hydroxyl groups is 2. The number of nitrogens with zero attached hydrogens (tertiary/aromatic N) is 2. The van der Waals surface area contributed by atoms with Crippen LogP contribution in [-0.4, -0.2) is 32.3 Å². The Bertz CT molecular complexity index is 1090. The average molecular weight is 411 g/mol. The third-order valence-corrected chi connectivity index (χ3v) is 4.85. The highest BCUT2D eigenvalue weighted by molar-refractivity contribution is 6.29. The number of hydrogen-bond donors (Lipinski definition) is 4. The number of halogens is 1. The molecule has 0 spiro atoms. The fraction of sp³-hybridized carbons (Fsp3) is 0.190. The van der Waals surface area contributed by atoms with Gasteiger partial charge in [-0.15, -0.1) is 0 Å². The van der Waals surface area contributed by atoms with Gasteiger partial charge < -0.3 is 20.5 Å². The largest absolute Gasteiger partial charge is 0.384 e. The predicted molar refractivity (Wildman–Crippen MR) is 108 cm³/mol. The summed E-state index contributed by atoms with van der Waals surface area (Å²) < 4.78 is 0. The van der Waals surface area contributed by atoms with Crippen LogP contribution in [0.15, 0.2) is 42.6 Å². The molecule has 0 aliphatic carbocycles. The molecule has 4 N–H and O–H groups in total. The van der Waals surface area contributed by atoms with E-state index in [0.29, 0.717) is 33.5 Å². The highest BCUT2D eigenvalue weighted by atomic mass is 35.5. The second-order valence-electron chi connectivity index (χ2n) is 6.56. The first-order valence-electron chi connectivity index (χ1n) is 8.80. The van der Waals surface area contributed by atoms with Crippen molar-refractivity contribution in [3.8, 4) is 17.2 Å². The Morgan fingerprint density at radius 3 is 2.62 bits per heavy atom. The summed E-state index contributed by atoms with van der Waals surface area (Å²) >= 11 is 5.99. The van der Waals surface area contributed by atoms with E-state index in [1.165, 1.54) is 6.20 Å². The van der Waals surface area contributed by atoms with Gasteiger partial charge in [-0.25, -0.2) is 4.98 Å². The first-order valence-corrected chi connectivity index (χ1v) is 9.18. The zero-order valence-corrected chi connectivity index (χ0v) is 16.5. The number of nitriles is 1. The second-order valence-corrected chi connectivity index (χ2v) is 6.95. The molecule has 0 aliphatic rings. The number of hydrogen-bond acceptors (Lipinski definition) is 5. The Labute approximate surface area is 172 Å². The fourth-order valence-corrected chi connectivity index (χ4v) is 3.38. The van der Waals surface area contributed by atoms with Gasteiger partial charge in [-0.05, 0) is 31.0 Å². The smallest absolute Gasteiger partial charge is 0.270 e. The first kappa shape index (κ1) is 20.6. The van der Waals surface area contributed by atoms with Crippen molar-refractivity contribution in [1.82, 2.24) is 15.3 Å². The number of aromatic nitrogens is 2. The zero-order chi connectivity index (χ0) is 21.1. The molecule has 0 bridgehead atoms. The Morgan fingerprint density at radius 2 is 1.97 bits per heavy atom. The average Bonchev–Trinajstić information content (AvgIpc) is 3.02. The Hall–Kier alpha value is -3.18. The van der Waals surface area contributed by atoms with Crippen LogP contribution in [0.4, 0.5) is 0 Å². The van der Waals surface area contributed by atoms with Crippen LogP contribution in [0.25, 0.3) is 11.1 Å². The lowest BCUT2D eigenvalue weighted by atomic mass is 9.98. The maximum Gasteiger partial charge on any atom is 0.270 e. The molecule has 0 aliphatic heterocycles. The molecule has 3 rings (SSSR count). The van der Waals surface area contributed by atoms with E-state index < -0.39 is 18.2 Å². The maximum absolute atomic E-state index is 12.7. The van der Waals surface area contributed by atoms with Gasteiger partial charge in [0.25, 0.3) is 5.91 Å². The summed E-state index contributed by atoms with van der Waals surface area (Å²) in [6, 6.07) is 12.2. The predicted octanol–water partition coefficient (Wildman–Crippen LogP) is 3.00. The van der Waals surface area contributed by atoms with Crippen molar-refractivity contribution in [2.24, 2.45) is 0 Å². The Morgan fingerprint density at radius 1 is 1.28 bits per heavy atom. The van der Waals surface area contributed by atoms with E-state index >= 15 is 0 Å². The minimum Gasteiger partial charge on any atom is -0.384 e. The molecule has 1 aromatic carbocycles. The van der Waals surface area contributed by atoms with Crippen LogP contribution in [0.1, 0.15) is 39.0 Å². The normalized spacial score (nSPS) is 12.8. The van der Waals surface area contributed by atoms with Gasteiger partial charge in [-0.2, -0.15) is 5.26 Å². The number of aryl methyl sites for hydroxylation is 1. The molecular formula is C21H19ClN4O3. The Kier molecular flexibility index (Phi) is 5.99. The summed E-state index contributed by atoms with van der Waals surface area (Å²) in [6.45, 7) is 3.49. The summed E-state index contributed by atoms with van der Waals surface area (Å²) in [5.74, 6) is -0.585. The minimum absolute atomic E-state index is 0.216.